The highest BCUT2D eigenvalue weighted by molar-refractivity contribution is 5.86. The molecule has 170 valence electrons. The van der Waals surface area contributed by atoms with Crippen LogP contribution in [0.4, 0.5) is 14.7 Å². The van der Waals surface area contributed by atoms with Crippen LogP contribution in [0.3, 0.4) is 0 Å². The van der Waals surface area contributed by atoms with Crippen molar-refractivity contribution in [3.8, 4) is 11.3 Å². The van der Waals surface area contributed by atoms with E-state index in [1.54, 1.807) is 18.4 Å². The van der Waals surface area contributed by atoms with Gasteiger partial charge in [0.1, 0.15) is 5.69 Å². The Hall–Kier alpha value is -2.91. The summed E-state index contributed by atoms with van der Waals surface area (Å²) in [5.41, 5.74) is 0.798. The summed E-state index contributed by atoms with van der Waals surface area (Å²) < 4.78 is 37.5. The minimum Gasteiger partial charge on any atom is -0.389 e. The molecule has 4 rings (SSSR count). The van der Waals surface area contributed by atoms with E-state index in [2.05, 4.69) is 15.3 Å². The lowest BCUT2D eigenvalue weighted by Gasteiger charge is -2.28. The number of nitrogens with one attached hydrogen (secondary N) is 1. The monoisotopic (exact) mass is 444 g/mol. The molecule has 3 heterocycles. The van der Waals surface area contributed by atoms with Crippen molar-refractivity contribution in [3.63, 3.8) is 0 Å². The fraction of sp³-hybridized carbons (Fsp3) is 0.435. The third-order valence-electron chi connectivity index (χ3n) is 6.00. The van der Waals surface area contributed by atoms with Crippen molar-refractivity contribution in [3.05, 3.63) is 51.4 Å². The number of hydrogen-bond acceptors (Lipinski definition) is 6. The fourth-order valence-corrected chi connectivity index (χ4v) is 4.21. The zero-order chi connectivity index (χ0) is 23.2. The summed E-state index contributed by atoms with van der Waals surface area (Å²) in [6.45, 7) is 7.93. The van der Waals surface area contributed by atoms with Crippen LogP contribution >= 0.6 is 0 Å². The molecule has 0 radical (unpaired) electrons. The van der Waals surface area contributed by atoms with E-state index in [1.165, 1.54) is 12.1 Å². The Bertz CT molecular complexity index is 1240. The number of pyridine rings is 1. The van der Waals surface area contributed by atoms with E-state index < -0.39 is 17.7 Å². The highest BCUT2D eigenvalue weighted by Gasteiger charge is 2.26. The molecule has 0 amide bonds. The average molecular weight is 444 g/mol. The topological polar surface area (TPSA) is 89.3 Å². The predicted molar refractivity (Wildman–Crippen MR) is 118 cm³/mol. The lowest BCUT2D eigenvalue weighted by molar-refractivity contribution is -0.0136. The van der Waals surface area contributed by atoms with Crippen LogP contribution in [-0.2, 0) is 4.74 Å². The first kappa shape index (κ1) is 22.3. The van der Waals surface area contributed by atoms with Crippen molar-refractivity contribution in [1.82, 2.24) is 14.5 Å². The quantitative estimate of drug-likeness (QED) is 0.640. The third kappa shape index (κ3) is 3.75. The van der Waals surface area contributed by atoms with Gasteiger partial charge in [-0.1, -0.05) is 0 Å². The number of benzene rings is 1. The average Bonchev–Trinajstić information content (AvgIpc) is 2.76. The molecule has 2 atom stereocenters. The standard InChI is InChI=1S/C23H26F2N4O3/c1-11(2)29-13(4)12(3)22(31)15-6-5-14(19(25)21(15)29)20-16(24)9-26-23(28-20)27-17-7-8-32-10-18(17)30/h5-6,9,11,17-18,30H,7-8,10H2,1-4H3,(H,26,27,28)/t17-,18-/m1/s1. The van der Waals surface area contributed by atoms with Crippen molar-refractivity contribution in [2.24, 2.45) is 0 Å². The zero-order valence-corrected chi connectivity index (χ0v) is 18.4. The van der Waals surface area contributed by atoms with Gasteiger partial charge in [-0.25, -0.2) is 18.7 Å². The van der Waals surface area contributed by atoms with Crippen molar-refractivity contribution in [2.75, 3.05) is 18.5 Å². The lowest BCUT2D eigenvalue weighted by Crippen LogP contribution is -2.42. The second-order valence-corrected chi connectivity index (χ2v) is 8.40. The summed E-state index contributed by atoms with van der Waals surface area (Å²) in [5, 5.41) is 13.3. The van der Waals surface area contributed by atoms with E-state index in [-0.39, 0.29) is 52.2 Å². The smallest absolute Gasteiger partial charge is 0.223 e. The summed E-state index contributed by atoms with van der Waals surface area (Å²) in [6.07, 6.45) is 0.738. The SMILES string of the molecule is Cc1c(C)n(C(C)C)c2c(F)c(-c3nc(N[C@@H]4CCOC[C@H]4O)ncc3F)ccc2c1=O. The minimum absolute atomic E-state index is 0.0648. The molecule has 7 nitrogen and oxygen atoms in total. The minimum atomic E-state index is -0.788. The maximum absolute atomic E-state index is 15.8. The summed E-state index contributed by atoms with van der Waals surface area (Å²) in [5.74, 6) is -1.43. The molecule has 1 aromatic carbocycles. The first-order valence-electron chi connectivity index (χ1n) is 10.6. The molecule has 1 saturated heterocycles. The number of hydrogen-bond donors (Lipinski definition) is 2. The summed E-state index contributed by atoms with van der Waals surface area (Å²) >= 11 is 0. The molecule has 9 heteroatoms. The summed E-state index contributed by atoms with van der Waals surface area (Å²) in [6, 6.07) is 2.40. The van der Waals surface area contributed by atoms with E-state index >= 15 is 4.39 Å². The van der Waals surface area contributed by atoms with E-state index in [0.717, 1.165) is 6.20 Å². The molecule has 2 aromatic heterocycles. The molecule has 0 aliphatic carbocycles. The molecule has 0 bridgehead atoms. The summed E-state index contributed by atoms with van der Waals surface area (Å²) in [4.78, 5) is 20.9. The molecular formula is C23H26F2N4O3. The van der Waals surface area contributed by atoms with Gasteiger partial charge in [0.15, 0.2) is 17.1 Å². The number of nitrogens with zero attached hydrogens (tertiary/aromatic N) is 3. The number of halogens is 2. The number of anilines is 1. The van der Waals surface area contributed by atoms with Gasteiger partial charge in [-0.3, -0.25) is 4.79 Å². The molecule has 1 aliphatic rings. The number of aliphatic hydroxyl groups is 1. The first-order valence-corrected chi connectivity index (χ1v) is 10.6. The molecule has 1 fully saturated rings. The molecule has 3 aromatic rings. The Kier molecular flexibility index (Phi) is 5.96. The van der Waals surface area contributed by atoms with Crippen LogP contribution < -0.4 is 10.7 Å². The summed E-state index contributed by atoms with van der Waals surface area (Å²) in [7, 11) is 0. The largest absolute Gasteiger partial charge is 0.389 e. The van der Waals surface area contributed by atoms with Crippen molar-refractivity contribution in [2.45, 2.75) is 52.3 Å². The van der Waals surface area contributed by atoms with Crippen molar-refractivity contribution in [1.29, 1.82) is 0 Å². The van der Waals surface area contributed by atoms with Gasteiger partial charge >= 0.3 is 0 Å². The van der Waals surface area contributed by atoms with Crippen molar-refractivity contribution >= 4 is 16.9 Å². The van der Waals surface area contributed by atoms with E-state index in [0.29, 0.717) is 24.3 Å². The normalized spacial score (nSPS) is 19.0. The fourth-order valence-electron chi connectivity index (χ4n) is 4.21. The van der Waals surface area contributed by atoms with Crippen LogP contribution in [0, 0.1) is 25.5 Å². The highest BCUT2D eigenvalue weighted by atomic mass is 19.1. The Morgan fingerprint density at radius 3 is 2.72 bits per heavy atom. The number of fused-ring (bicyclic) bond motifs is 1. The third-order valence-corrected chi connectivity index (χ3v) is 6.00. The van der Waals surface area contributed by atoms with Crippen LogP contribution in [0.2, 0.25) is 0 Å². The second-order valence-electron chi connectivity index (χ2n) is 8.40. The van der Waals surface area contributed by atoms with E-state index in [1.807, 2.05) is 13.8 Å². The Balaban J connectivity index is 1.87. The Morgan fingerprint density at radius 1 is 1.28 bits per heavy atom. The molecule has 2 N–H and O–H groups in total. The van der Waals surface area contributed by atoms with Gasteiger partial charge in [0.2, 0.25) is 5.95 Å². The van der Waals surface area contributed by atoms with Gasteiger partial charge in [0.25, 0.3) is 0 Å². The molecule has 1 aliphatic heterocycles. The molecule has 0 spiro atoms. The predicted octanol–water partition coefficient (Wildman–Crippen LogP) is 3.50. The van der Waals surface area contributed by atoms with Gasteiger partial charge in [-0.05, 0) is 46.2 Å². The highest BCUT2D eigenvalue weighted by Crippen LogP contribution is 2.31. The Morgan fingerprint density at radius 2 is 2.03 bits per heavy atom. The molecule has 0 saturated carbocycles. The zero-order valence-electron chi connectivity index (χ0n) is 18.4. The van der Waals surface area contributed by atoms with Gasteiger partial charge in [-0.15, -0.1) is 0 Å². The van der Waals surface area contributed by atoms with Crippen LogP contribution in [0.15, 0.2) is 23.1 Å². The van der Waals surface area contributed by atoms with Gasteiger partial charge in [-0.2, -0.15) is 0 Å². The van der Waals surface area contributed by atoms with Crippen LogP contribution in [0.25, 0.3) is 22.2 Å². The van der Waals surface area contributed by atoms with Gasteiger partial charge in [0.05, 0.1) is 30.5 Å². The number of aromatic nitrogens is 3. The Labute approximate surface area is 184 Å². The van der Waals surface area contributed by atoms with Gasteiger partial charge < -0.3 is 19.7 Å². The lowest BCUT2D eigenvalue weighted by atomic mass is 10.0. The number of aliphatic hydroxyl groups excluding tert-OH is 1. The van der Waals surface area contributed by atoms with Crippen molar-refractivity contribution < 1.29 is 18.6 Å². The maximum atomic E-state index is 15.8. The molecular weight excluding hydrogens is 418 g/mol. The maximum Gasteiger partial charge on any atom is 0.223 e. The van der Waals surface area contributed by atoms with Crippen LogP contribution in [0.5, 0.6) is 0 Å². The molecule has 32 heavy (non-hydrogen) atoms. The molecule has 0 unspecified atom stereocenters. The second kappa shape index (κ2) is 8.55. The number of ether oxygens (including phenoxy) is 1. The van der Waals surface area contributed by atoms with E-state index in [9.17, 15) is 14.3 Å². The van der Waals surface area contributed by atoms with E-state index in [4.69, 9.17) is 4.74 Å². The first-order chi connectivity index (χ1) is 15.2. The van der Waals surface area contributed by atoms with Crippen LogP contribution in [-0.4, -0.2) is 45.0 Å². The number of rotatable bonds is 4. The van der Waals surface area contributed by atoms with Gasteiger partial charge in [0, 0.05) is 34.9 Å². The van der Waals surface area contributed by atoms with Crippen LogP contribution in [0.1, 0.15) is 37.6 Å².